The van der Waals surface area contributed by atoms with E-state index in [2.05, 4.69) is 22.5 Å². The van der Waals surface area contributed by atoms with Gasteiger partial charge in [0.25, 0.3) is 0 Å². The zero-order chi connectivity index (χ0) is 11.8. The number of pyridine rings is 1. The molecule has 1 fully saturated rings. The minimum absolute atomic E-state index is 0.0130. The lowest BCUT2D eigenvalue weighted by Gasteiger charge is -2.09. The molecule has 1 saturated heterocycles. The Morgan fingerprint density at radius 3 is 2.81 bits per heavy atom. The summed E-state index contributed by atoms with van der Waals surface area (Å²) >= 11 is 4.66. The molecule has 0 atom stereocenters. The smallest absolute Gasteiger partial charge is 0.246 e. The molecule has 86 valence electrons. The Bertz CT molecular complexity index is 525. The van der Waals surface area contributed by atoms with E-state index in [1.54, 1.807) is 6.07 Å². The number of hydrogen-bond acceptors (Lipinski definition) is 4. The summed E-state index contributed by atoms with van der Waals surface area (Å²) in [5.74, 6) is 0.168. The molecule has 1 aromatic rings. The highest BCUT2D eigenvalue weighted by Gasteiger charge is 2.35. The van der Waals surface area contributed by atoms with E-state index in [-0.39, 0.29) is 15.8 Å². The van der Waals surface area contributed by atoms with Gasteiger partial charge in [0.05, 0.1) is 0 Å². The first-order valence-electron chi connectivity index (χ1n) is 4.53. The van der Waals surface area contributed by atoms with Crippen LogP contribution in [0.25, 0.3) is 0 Å². The van der Waals surface area contributed by atoms with Crippen LogP contribution >= 0.6 is 12.2 Å². The van der Waals surface area contributed by atoms with Crippen LogP contribution in [0.5, 0.6) is 0 Å². The number of anilines is 1. The van der Waals surface area contributed by atoms with Gasteiger partial charge in [0, 0.05) is 19.3 Å². The average Bonchev–Trinajstić information content (AvgIpc) is 3.00. The van der Waals surface area contributed by atoms with Gasteiger partial charge in [-0.2, -0.15) is 4.31 Å². The second-order valence-corrected chi connectivity index (χ2v) is 5.59. The monoisotopic (exact) mass is 258 g/mol. The van der Waals surface area contributed by atoms with Crippen LogP contribution in [0.2, 0.25) is 0 Å². The Hall–Kier alpha value is -1.25. The number of thiocarbonyl (C=S) groups is 1. The average molecular weight is 258 g/mol. The van der Waals surface area contributed by atoms with E-state index in [0.29, 0.717) is 13.1 Å². The van der Waals surface area contributed by atoms with E-state index in [9.17, 15) is 8.42 Å². The Morgan fingerprint density at radius 1 is 1.56 bits per heavy atom. The minimum atomic E-state index is -3.45. The maximum Gasteiger partial charge on any atom is 0.246 e. The lowest BCUT2D eigenvalue weighted by atomic mass is 10.4. The Balaban J connectivity index is 2.43. The van der Waals surface area contributed by atoms with E-state index >= 15 is 0 Å². The Kier molecular flexibility index (Phi) is 2.78. The maximum absolute atomic E-state index is 12.0. The van der Waals surface area contributed by atoms with Crippen LogP contribution in [0, 0.1) is 0 Å². The Morgan fingerprint density at radius 2 is 2.25 bits per heavy atom. The lowest BCUT2D eigenvalue weighted by Crippen LogP contribution is -2.22. The minimum Gasteiger partial charge on any atom is -0.376 e. The summed E-state index contributed by atoms with van der Waals surface area (Å²) in [5, 5.41) is 2.54. The molecule has 2 heterocycles. The standard InChI is InChI=1S/C8H10N4O2S2/c9-8(15)11-7-6(2-1-3-10-7)16(13,14)12-4-5-12/h1-3H,4-5H2,(H3,9,10,11,15). The van der Waals surface area contributed by atoms with Gasteiger partial charge in [-0.1, -0.05) is 0 Å². The van der Waals surface area contributed by atoms with Crippen molar-refractivity contribution in [3.63, 3.8) is 0 Å². The molecule has 3 N–H and O–H groups in total. The highest BCUT2D eigenvalue weighted by molar-refractivity contribution is 7.89. The van der Waals surface area contributed by atoms with Gasteiger partial charge in [0.15, 0.2) is 10.9 Å². The summed E-state index contributed by atoms with van der Waals surface area (Å²) in [4.78, 5) is 4.01. The molecule has 0 bridgehead atoms. The molecule has 8 heteroatoms. The van der Waals surface area contributed by atoms with Crippen molar-refractivity contribution in [3.05, 3.63) is 18.3 Å². The van der Waals surface area contributed by atoms with Crippen LogP contribution in [0.15, 0.2) is 23.2 Å². The molecule has 1 aromatic heterocycles. The van der Waals surface area contributed by atoms with Crippen molar-refractivity contribution in [2.45, 2.75) is 4.90 Å². The molecule has 0 amide bonds. The van der Waals surface area contributed by atoms with E-state index in [4.69, 9.17) is 5.73 Å². The van der Waals surface area contributed by atoms with Crippen LogP contribution in [0.3, 0.4) is 0 Å². The molecule has 16 heavy (non-hydrogen) atoms. The Labute approximate surface area is 98.5 Å². The van der Waals surface area contributed by atoms with Crippen molar-refractivity contribution in [1.29, 1.82) is 0 Å². The fraction of sp³-hybridized carbons (Fsp3) is 0.250. The number of hydrogen-bond donors (Lipinski definition) is 2. The molecule has 0 spiro atoms. The van der Waals surface area contributed by atoms with Gasteiger partial charge in [-0.15, -0.1) is 0 Å². The summed E-state index contributed by atoms with van der Waals surface area (Å²) in [6.45, 7) is 1.09. The lowest BCUT2D eigenvalue weighted by molar-refractivity contribution is 0.563. The highest BCUT2D eigenvalue weighted by atomic mass is 32.2. The number of aromatic nitrogens is 1. The van der Waals surface area contributed by atoms with Crippen molar-refractivity contribution >= 4 is 33.2 Å². The molecule has 0 aliphatic carbocycles. The topological polar surface area (TPSA) is 88.1 Å². The summed E-state index contributed by atoms with van der Waals surface area (Å²) in [6, 6.07) is 3.03. The molecule has 2 rings (SSSR count). The maximum atomic E-state index is 12.0. The molecule has 0 unspecified atom stereocenters. The fourth-order valence-corrected chi connectivity index (χ4v) is 2.77. The molecule has 0 saturated carbocycles. The van der Waals surface area contributed by atoms with Crippen molar-refractivity contribution in [2.75, 3.05) is 18.4 Å². The first kappa shape index (κ1) is 11.2. The summed E-state index contributed by atoms with van der Waals surface area (Å²) in [6.07, 6.45) is 1.47. The fourth-order valence-electron chi connectivity index (χ4n) is 1.23. The number of nitrogens with two attached hydrogens (primary N) is 1. The molecular weight excluding hydrogens is 248 g/mol. The normalized spacial score (nSPS) is 15.8. The van der Waals surface area contributed by atoms with E-state index in [1.807, 2.05) is 0 Å². The molecule has 0 radical (unpaired) electrons. The molecule has 1 aliphatic rings. The van der Waals surface area contributed by atoms with E-state index in [0.717, 1.165) is 0 Å². The van der Waals surface area contributed by atoms with Crippen LogP contribution in [-0.4, -0.2) is 35.9 Å². The van der Waals surface area contributed by atoms with Gasteiger partial charge in [-0.05, 0) is 24.4 Å². The third-order valence-electron chi connectivity index (χ3n) is 2.04. The number of nitrogens with one attached hydrogen (secondary N) is 1. The molecule has 0 aromatic carbocycles. The third kappa shape index (κ3) is 2.13. The quantitative estimate of drug-likeness (QED) is 0.574. The number of sulfonamides is 1. The van der Waals surface area contributed by atoms with Gasteiger partial charge in [0.1, 0.15) is 4.90 Å². The van der Waals surface area contributed by atoms with Crippen molar-refractivity contribution in [3.8, 4) is 0 Å². The van der Waals surface area contributed by atoms with E-state index in [1.165, 1.54) is 16.6 Å². The predicted molar refractivity (Wildman–Crippen MR) is 63.4 cm³/mol. The van der Waals surface area contributed by atoms with Crippen molar-refractivity contribution < 1.29 is 8.42 Å². The predicted octanol–water partition coefficient (Wildman–Crippen LogP) is -0.259. The molecule has 6 nitrogen and oxygen atoms in total. The second kappa shape index (κ2) is 3.96. The SMILES string of the molecule is NC(=S)Nc1ncccc1S(=O)(=O)N1CC1. The zero-order valence-corrected chi connectivity index (χ0v) is 9.88. The van der Waals surface area contributed by atoms with Gasteiger partial charge < -0.3 is 11.1 Å². The highest BCUT2D eigenvalue weighted by Crippen LogP contribution is 2.26. The summed E-state index contributed by atoms with van der Waals surface area (Å²) < 4.78 is 25.3. The zero-order valence-electron chi connectivity index (χ0n) is 8.25. The van der Waals surface area contributed by atoms with Gasteiger partial charge in [0.2, 0.25) is 10.0 Å². The van der Waals surface area contributed by atoms with Crippen LogP contribution < -0.4 is 11.1 Å². The van der Waals surface area contributed by atoms with Crippen LogP contribution in [-0.2, 0) is 10.0 Å². The largest absolute Gasteiger partial charge is 0.376 e. The number of nitrogens with zero attached hydrogens (tertiary/aromatic N) is 2. The van der Waals surface area contributed by atoms with Crippen molar-refractivity contribution in [1.82, 2.24) is 9.29 Å². The molecule has 1 aliphatic heterocycles. The van der Waals surface area contributed by atoms with Crippen LogP contribution in [0.4, 0.5) is 5.82 Å². The van der Waals surface area contributed by atoms with Gasteiger partial charge in [-0.25, -0.2) is 13.4 Å². The third-order valence-corrected chi connectivity index (χ3v) is 4.07. The first-order chi connectivity index (χ1) is 7.51. The van der Waals surface area contributed by atoms with Gasteiger partial charge >= 0.3 is 0 Å². The second-order valence-electron chi connectivity index (χ2n) is 3.24. The first-order valence-corrected chi connectivity index (χ1v) is 6.38. The summed E-state index contributed by atoms with van der Waals surface area (Å²) in [5.41, 5.74) is 5.30. The van der Waals surface area contributed by atoms with Crippen LogP contribution in [0.1, 0.15) is 0 Å². The summed E-state index contributed by atoms with van der Waals surface area (Å²) in [7, 11) is -3.45. The number of rotatable bonds is 3. The van der Waals surface area contributed by atoms with E-state index < -0.39 is 10.0 Å². The van der Waals surface area contributed by atoms with Gasteiger partial charge in [-0.3, -0.25) is 0 Å². The van der Waals surface area contributed by atoms with Crippen molar-refractivity contribution in [2.24, 2.45) is 5.73 Å². The molecular formula is C8H10N4O2S2.